The van der Waals surface area contributed by atoms with Crippen LogP contribution in [0.1, 0.15) is 5.82 Å². The van der Waals surface area contributed by atoms with Crippen LogP contribution < -0.4 is 10.6 Å². The topological polar surface area (TPSA) is 84.7 Å². The number of urea groups is 1. The minimum atomic E-state index is -0.525. The number of carbonyl (C=O) groups is 1. The molecular weight excluding hydrogens is 299 g/mol. The van der Waals surface area contributed by atoms with Gasteiger partial charge in [-0.05, 0) is 25.1 Å². The maximum atomic E-state index is 13.1. The largest absolute Gasteiger partial charge is 0.324 e. The zero-order valence-corrected chi connectivity index (χ0v) is 12.2. The number of hydrogen-bond acceptors (Lipinski definition) is 4. The van der Waals surface area contributed by atoms with Gasteiger partial charge in [-0.15, -0.1) is 0 Å². The smallest absolute Gasteiger partial charge is 0.308 e. The van der Waals surface area contributed by atoms with E-state index < -0.39 is 11.8 Å². The molecule has 0 saturated carbocycles. The highest BCUT2D eigenvalue weighted by Crippen LogP contribution is 2.12. The van der Waals surface area contributed by atoms with E-state index in [2.05, 4.69) is 25.6 Å². The van der Waals surface area contributed by atoms with Gasteiger partial charge in [0.1, 0.15) is 29.6 Å². The zero-order valence-electron chi connectivity index (χ0n) is 12.2. The monoisotopic (exact) mass is 312 g/mol. The number of nitrogens with one attached hydrogen (secondary N) is 2. The third-order valence-electron chi connectivity index (χ3n) is 3.05. The van der Waals surface area contributed by atoms with Gasteiger partial charge < -0.3 is 5.32 Å². The van der Waals surface area contributed by atoms with Crippen molar-refractivity contribution in [3.63, 3.8) is 0 Å². The van der Waals surface area contributed by atoms with E-state index in [1.807, 2.05) is 6.92 Å². The summed E-state index contributed by atoms with van der Waals surface area (Å²) in [6.45, 7) is 1.84. The lowest BCUT2D eigenvalue weighted by atomic mass is 10.3. The summed E-state index contributed by atoms with van der Waals surface area (Å²) < 4.78 is 14.9. The number of aromatic nitrogens is 4. The number of nitrogens with zero attached hydrogens (tertiary/aromatic N) is 4. The van der Waals surface area contributed by atoms with Crippen molar-refractivity contribution in [2.24, 2.45) is 0 Å². The normalized spacial score (nSPS) is 10.3. The molecule has 3 aromatic rings. The first-order valence-electron chi connectivity index (χ1n) is 6.78. The molecule has 116 valence electrons. The molecule has 2 amide bonds. The van der Waals surface area contributed by atoms with Crippen molar-refractivity contribution in [2.45, 2.75) is 6.92 Å². The molecule has 2 heterocycles. The maximum absolute atomic E-state index is 13.1. The van der Waals surface area contributed by atoms with Crippen LogP contribution in [0.5, 0.6) is 0 Å². The summed E-state index contributed by atoms with van der Waals surface area (Å²) in [5, 5.41) is 5.10. The summed E-state index contributed by atoms with van der Waals surface area (Å²) in [6, 6.07) is 6.70. The highest BCUT2D eigenvalue weighted by molar-refractivity contribution is 5.99. The Kier molecular flexibility index (Phi) is 3.96. The van der Waals surface area contributed by atoms with Crippen molar-refractivity contribution >= 4 is 17.5 Å². The molecule has 1 aromatic carbocycles. The van der Waals surface area contributed by atoms with Gasteiger partial charge >= 0.3 is 6.03 Å². The second-order valence-corrected chi connectivity index (χ2v) is 4.70. The fraction of sp³-hybridized carbons (Fsp3) is 0.0667. The number of anilines is 2. The average molecular weight is 312 g/mol. The Labute approximate surface area is 131 Å². The first kappa shape index (κ1) is 14.6. The van der Waals surface area contributed by atoms with E-state index in [9.17, 15) is 9.18 Å². The van der Waals surface area contributed by atoms with Crippen LogP contribution in [-0.4, -0.2) is 25.6 Å². The molecule has 0 radical (unpaired) electrons. The number of imidazole rings is 1. The van der Waals surface area contributed by atoms with Crippen LogP contribution in [0, 0.1) is 12.7 Å². The first-order chi connectivity index (χ1) is 11.1. The number of amides is 2. The van der Waals surface area contributed by atoms with Gasteiger partial charge in [-0.2, -0.15) is 0 Å². The van der Waals surface area contributed by atoms with Gasteiger partial charge in [-0.25, -0.2) is 24.1 Å². The summed E-state index contributed by atoms with van der Waals surface area (Å²) in [5.41, 5.74) is 0.349. The molecule has 2 N–H and O–H groups in total. The molecule has 2 aromatic heterocycles. The Morgan fingerprint density at radius 1 is 1.17 bits per heavy atom. The number of rotatable bonds is 3. The van der Waals surface area contributed by atoms with E-state index in [-0.39, 0.29) is 0 Å². The maximum Gasteiger partial charge on any atom is 0.324 e. The van der Waals surface area contributed by atoms with E-state index >= 15 is 0 Å². The SMILES string of the molecule is Cc1nccn1-c1cc(NC(=O)Nc2cccc(F)c2)ncn1. The number of carbonyl (C=O) groups excluding carboxylic acids is 1. The summed E-state index contributed by atoms with van der Waals surface area (Å²) in [5.74, 6) is 1.23. The van der Waals surface area contributed by atoms with Gasteiger partial charge in [-0.3, -0.25) is 9.88 Å². The van der Waals surface area contributed by atoms with Crippen LogP contribution in [0.25, 0.3) is 5.82 Å². The molecule has 0 unspecified atom stereocenters. The van der Waals surface area contributed by atoms with Gasteiger partial charge in [0.05, 0.1) is 0 Å². The van der Waals surface area contributed by atoms with Crippen molar-refractivity contribution in [1.29, 1.82) is 0 Å². The van der Waals surface area contributed by atoms with Crippen LogP contribution in [0.15, 0.2) is 49.1 Å². The quantitative estimate of drug-likeness (QED) is 0.779. The molecule has 8 heteroatoms. The second-order valence-electron chi connectivity index (χ2n) is 4.70. The second kappa shape index (κ2) is 6.22. The van der Waals surface area contributed by atoms with Crippen molar-refractivity contribution in [3.8, 4) is 5.82 Å². The third-order valence-corrected chi connectivity index (χ3v) is 3.05. The Bertz CT molecular complexity index is 847. The van der Waals surface area contributed by atoms with Gasteiger partial charge in [0.15, 0.2) is 0 Å². The van der Waals surface area contributed by atoms with Crippen molar-refractivity contribution < 1.29 is 9.18 Å². The molecule has 0 spiro atoms. The van der Waals surface area contributed by atoms with Gasteiger partial charge in [0.2, 0.25) is 0 Å². The van der Waals surface area contributed by atoms with E-state index in [0.717, 1.165) is 5.82 Å². The van der Waals surface area contributed by atoms with Crippen LogP contribution in [0.3, 0.4) is 0 Å². The zero-order chi connectivity index (χ0) is 16.2. The molecule has 3 rings (SSSR count). The summed E-state index contributed by atoms with van der Waals surface area (Å²) in [4.78, 5) is 24.2. The molecule has 0 aliphatic rings. The van der Waals surface area contributed by atoms with Crippen LogP contribution in [0.2, 0.25) is 0 Å². The fourth-order valence-corrected chi connectivity index (χ4v) is 2.01. The highest BCUT2D eigenvalue weighted by Gasteiger charge is 2.07. The predicted octanol–water partition coefficient (Wildman–Crippen LogP) is 2.75. The average Bonchev–Trinajstić information content (AvgIpc) is 2.93. The van der Waals surface area contributed by atoms with Gasteiger partial charge in [-0.1, -0.05) is 6.07 Å². The van der Waals surface area contributed by atoms with Crippen molar-refractivity contribution in [2.75, 3.05) is 10.6 Å². The van der Waals surface area contributed by atoms with Crippen LogP contribution in [-0.2, 0) is 0 Å². The van der Waals surface area contributed by atoms with Crippen molar-refractivity contribution in [3.05, 3.63) is 60.7 Å². The molecule has 0 saturated heterocycles. The number of benzene rings is 1. The first-order valence-corrected chi connectivity index (χ1v) is 6.78. The molecule has 0 fully saturated rings. The highest BCUT2D eigenvalue weighted by atomic mass is 19.1. The van der Waals surface area contributed by atoms with Gasteiger partial charge in [0, 0.05) is 24.1 Å². The minimum Gasteiger partial charge on any atom is -0.308 e. The fourth-order valence-electron chi connectivity index (χ4n) is 2.01. The summed E-state index contributed by atoms with van der Waals surface area (Å²) >= 11 is 0. The number of hydrogen-bond donors (Lipinski definition) is 2. The Balaban J connectivity index is 1.73. The minimum absolute atomic E-state index is 0.317. The number of aryl methyl sites for hydroxylation is 1. The lowest BCUT2D eigenvalue weighted by Gasteiger charge is -2.08. The van der Waals surface area contributed by atoms with E-state index in [0.29, 0.717) is 17.3 Å². The lowest BCUT2D eigenvalue weighted by molar-refractivity contribution is 0.262. The molecule has 0 atom stereocenters. The Hall–Kier alpha value is -3.29. The van der Waals surface area contributed by atoms with E-state index in [4.69, 9.17) is 0 Å². The number of halogens is 1. The third kappa shape index (κ3) is 3.49. The Morgan fingerprint density at radius 2 is 2.04 bits per heavy atom. The summed E-state index contributed by atoms with van der Waals surface area (Å²) in [6.07, 6.45) is 4.75. The predicted molar refractivity (Wildman–Crippen MR) is 82.9 cm³/mol. The van der Waals surface area contributed by atoms with E-state index in [1.165, 1.54) is 24.5 Å². The standard InChI is InChI=1S/C15H13FN6O/c1-10-17-5-6-22(10)14-8-13(18-9-19-14)21-15(23)20-12-4-2-3-11(16)7-12/h2-9H,1H3,(H2,18,19,20,21,23). The molecule has 0 aliphatic carbocycles. The van der Waals surface area contributed by atoms with Crippen LogP contribution >= 0.6 is 0 Å². The molecule has 23 heavy (non-hydrogen) atoms. The molecule has 7 nitrogen and oxygen atoms in total. The van der Waals surface area contributed by atoms with Crippen molar-refractivity contribution in [1.82, 2.24) is 19.5 Å². The lowest BCUT2D eigenvalue weighted by Crippen LogP contribution is -2.20. The molecular formula is C15H13FN6O. The molecule has 0 bridgehead atoms. The Morgan fingerprint density at radius 3 is 2.78 bits per heavy atom. The molecule has 0 aliphatic heterocycles. The van der Waals surface area contributed by atoms with Gasteiger partial charge in [0.25, 0.3) is 0 Å². The summed E-state index contributed by atoms with van der Waals surface area (Å²) in [7, 11) is 0. The van der Waals surface area contributed by atoms with E-state index in [1.54, 1.807) is 29.1 Å². The van der Waals surface area contributed by atoms with Crippen LogP contribution in [0.4, 0.5) is 20.7 Å².